The third kappa shape index (κ3) is 3.98. The highest BCUT2D eigenvalue weighted by Gasteiger charge is 2.06. The topological polar surface area (TPSA) is 65.5 Å². The molecule has 6 nitrogen and oxygen atoms in total. The molecule has 1 N–H and O–H groups in total. The van der Waals surface area contributed by atoms with Crippen molar-refractivity contribution in [1.82, 2.24) is 9.97 Å². The minimum absolute atomic E-state index is 0.513. The zero-order valence-electron chi connectivity index (χ0n) is 12.4. The number of nitrogens with zero attached hydrogens (tertiary/aromatic N) is 2. The highest BCUT2D eigenvalue weighted by atomic mass is 16.5. The van der Waals surface area contributed by atoms with Crippen LogP contribution in [0.15, 0.2) is 30.5 Å². The van der Waals surface area contributed by atoms with Crippen LogP contribution in [0.4, 0.5) is 5.95 Å². The number of anilines is 1. The molecule has 1 heterocycles. The summed E-state index contributed by atoms with van der Waals surface area (Å²) in [4.78, 5) is 8.42. The van der Waals surface area contributed by atoms with E-state index in [1.54, 1.807) is 26.5 Å². The van der Waals surface area contributed by atoms with E-state index in [4.69, 9.17) is 14.2 Å². The van der Waals surface area contributed by atoms with Crippen LogP contribution in [-0.2, 0) is 6.54 Å². The van der Waals surface area contributed by atoms with Crippen LogP contribution in [0.1, 0.15) is 12.5 Å². The molecule has 1 aromatic heterocycles. The van der Waals surface area contributed by atoms with Gasteiger partial charge in [-0.05, 0) is 19.1 Å². The summed E-state index contributed by atoms with van der Waals surface area (Å²) in [6, 6.07) is 7.39. The summed E-state index contributed by atoms with van der Waals surface area (Å²) in [6.45, 7) is 3.03. The second-order valence-electron chi connectivity index (χ2n) is 4.18. The Labute approximate surface area is 124 Å². The Balaban J connectivity index is 2.07. The van der Waals surface area contributed by atoms with Crippen molar-refractivity contribution in [3.8, 4) is 17.4 Å². The van der Waals surface area contributed by atoms with E-state index < -0.39 is 0 Å². The van der Waals surface area contributed by atoms with Gasteiger partial charge in [0.05, 0.1) is 20.8 Å². The lowest BCUT2D eigenvalue weighted by Crippen LogP contribution is -2.06. The molecule has 112 valence electrons. The minimum atomic E-state index is 0.513. The molecular weight excluding hydrogens is 270 g/mol. The Morgan fingerprint density at radius 1 is 1.14 bits per heavy atom. The van der Waals surface area contributed by atoms with E-state index in [0.717, 1.165) is 17.1 Å². The van der Waals surface area contributed by atoms with Gasteiger partial charge in [0, 0.05) is 30.4 Å². The molecular formula is C15H19N3O3. The van der Waals surface area contributed by atoms with Crippen molar-refractivity contribution in [3.05, 3.63) is 36.0 Å². The molecule has 1 aromatic carbocycles. The Morgan fingerprint density at radius 2 is 2.00 bits per heavy atom. The highest BCUT2D eigenvalue weighted by molar-refractivity contribution is 5.42. The van der Waals surface area contributed by atoms with E-state index >= 15 is 0 Å². The molecule has 0 aliphatic heterocycles. The van der Waals surface area contributed by atoms with Gasteiger partial charge in [-0.1, -0.05) is 0 Å². The zero-order chi connectivity index (χ0) is 15.1. The van der Waals surface area contributed by atoms with Crippen LogP contribution in [0.3, 0.4) is 0 Å². The molecule has 0 fully saturated rings. The number of rotatable bonds is 7. The smallest absolute Gasteiger partial charge is 0.226 e. The number of ether oxygens (including phenoxy) is 3. The largest absolute Gasteiger partial charge is 0.497 e. The summed E-state index contributed by atoms with van der Waals surface area (Å²) in [6.07, 6.45) is 1.66. The fourth-order valence-electron chi connectivity index (χ4n) is 1.83. The monoisotopic (exact) mass is 289 g/mol. The zero-order valence-corrected chi connectivity index (χ0v) is 12.4. The lowest BCUT2D eigenvalue weighted by atomic mass is 10.2. The van der Waals surface area contributed by atoms with Gasteiger partial charge < -0.3 is 19.5 Å². The van der Waals surface area contributed by atoms with E-state index in [0.29, 0.717) is 25.0 Å². The molecule has 0 radical (unpaired) electrons. The molecule has 0 bridgehead atoms. The molecule has 0 atom stereocenters. The van der Waals surface area contributed by atoms with Gasteiger partial charge >= 0.3 is 0 Å². The second kappa shape index (κ2) is 7.33. The van der Waals surface area contributed by atoms with Crippen molar-refractivity contribution in [2.75, 3.05) is 26.1 Å². The van der Waals surface area contributed by atoms with Gasteiger partial charge in [0.15, 0.2) is 0 Å². The molecule has 2 aromatic rings. The average Bonchev–Trinajstić information content (AvgIpc) is 2.53. The molecule has 0 unspecified atom stereocenters. The van der Waals surface area contributed by atoms with E-state index in [1.165, 1.54) is 0 Å². The number of nitrogens with one attached hydrogen (secondary N) is 1. The second-order valence-corrected chi connectivity index (χ2v) is 4.18. The van der Waals surface area contributed by atoms with Crippen molar-refractivity contribution < 1.29 is 14.2 Å². The lowest BCUT2D eigenvalue weighted by Gasteiger charge is -2.11. The average molecular weight is 289 g/mol. The summed E-state index contributed by atoms with van der Waals surface area (Å²) in [7, 11) is 3.25. The standard InChI is InChI=1S/C15H19N3O3/c1-4-21-14-7-8-16-15(18-14)17-10-11-5-6-12(19-2)9-13(11)20-3/h5-9H,4,10H2,1-3H3,(H,16,17,18). The van der Waals surface area contributed by atoms with E-state index in [1.807, 2.05) is 25.1 Å². The Bertz CT molecular complexity index is 590. The van der Waals surface area contributed by atoms with Crippen LogP contribution in [0.5, 0.6) is 17.4 Å². The maximum Gasteiger partial charge on any atom is 0.226 e. The minimum Gasteiger partial charge on any atom is -0.497 e. The SMILES string of the molecule is CCOc1ccnc(NCc2ccc(OC)cc2OC)n1. The molecule has 6 heteroatoms. The van der Waals surface area contributed by atoms with Crippen LogP contribution >= 0.6 is 0 Å². The van der Waals surface area contributed by atoms with E-state index in [2.05, 4.69) is 15.3 Å². The third-order valence-electron chi connectivity index (χ3n) is 2.85. The first-order valence-electron chi connectivity index (χ1n) is 6.67. The first kappa shape index (κ1) is 14.9. The predicted octanol–water partition coefficient (Wildman–Crippen LogP) is 2.50. The van der Waals surface area contributed by atoms with Gasteiger partial charge in [-0.2, -0.15) is 4.98 Å². The first-order chi connectivity index (χ1) is 10.3. The summed E-state index contributed by atoms with van der Waals surface area (Å²) in [5.41, 5.74) is 0.990. The number of benzene rings is 1. The fourth-order valence-corrected chi connectivity index (χ4v) is 1.83. The van der Waals surface area contributed by atoms with E-state index in [9.17, 15) is 0 Å². The normalized spacial score (nSPS) is 10.0. The molecule has 0 spiro atoms. The summed E-state index contributed by atoms with van der Waals surface area (Å²) in [5, 5.41) is 3.15. The van der Waals surface area contributed by atoms with Crippen LogP contribution in [0, 0.1) is 0 Å². The van der Waals surface area contributed by atoms with Crippen molar-refractivity contribution >= 4 is 5.95 Å². The van der Waals surface area contributed by atoms with Crippen molar-refractivity contribution in [2.45, 2.75) is 13.5 Å². The Kier molecular flexibility index (Phi) is 5.20. The maximum absolute atomic E-state index is 5.35. The molecule has 0 saturated heterocycles. The van der Waals surface area contributed by atoms with Crippen LogP contribution < -0.4 is 19.5 Å². The van der Waals surface area contributed by atoms with Crippen LogP contribution in [0.2, 0.25) is 0 Å². The van der Waals surface area contributed by atoms with Gasteiger partial charge in [-0.25, -0.2) is 4.98 Å². The van der Waals surface area contributed by atoms with Crippen molar-refractivity contribution in [2.24, 2.45) is 0 Å². The van der Waals surface area contributed by atoms with Crippen LogP contribution in [0.25, 0.3) is 0 Å². The number of hydrogen-bond acceptors (Lipinski definition) is 6. The lowest BCUT2D eigenvalue weighted by molar-refractivity contribution is 0.326. The van der Waals surface area contributed by atoms with Gasteiger partial charge in [0.25, 0.3) is 0 Å². The van der Waals surface area contributed by atoms with E-state index in [-0.39, 0.29) is 0 Å². The molecule has 0 aliphatic carbocycles. The first-order valence-corrected chi connectivity index (χ1v) is 6.67. The maximum atomic E-state index is 5.35. The van der Waals surface area contributed by atoms with Crippen molar-refractivity contribution in [1.29, 1.82) is 0 Å². The van der Waals surface area contributed by atoms with Gasteiger partial charge in [-0.3, -0.25) is 0 Å². The van der Waals surface area contributed by atoms with Crippen LogP contribution in [-0.4, -0.2) is 30.8 Å². The molecule has 21 heavy (non-hydrogen) atoms. The quantitative estimate of drug-likeness (QED) is 0.845. The van der Waals surface area contributed by atoms with Gasteiger partial charge in [0.2, 0.25) is 11.8 Å². The Morgan fingerprint density at radius 3 is 2.71 bits per heavy atom. The molecule has 2 rings (SSSR count). The third-order valence-corrected chi connectivity index (χ3v) is 2.85. The number of methoxy groups -OCH3 is 2. The Hall–Kier alpha value is -2.50. The highest BCUT2D eigenvalue weighted by Crippen LogP contribution is 2.25. The van der Waals surface area contributed by atoms with Gasteiger partial charge in [-0.15, -0.1) is 0 Å². The molecule has 0 aliphatic rings. The van der Waals surface area contributed by atoms with Crippen molar-refractivity contribution in [3.63, 3.8) is 0 Å². The summed E-state index contributed by atoms with van der Waals surface area (Å²) < 4.78 is 15.9. The van der Waals surface area contributed by atoms with Gasteiger partial charge in [0.1, 0.15) is 11.5 Å². The number of hydrogen-bond donors (Lipinski definition) is 1. The summed E-state index contributed by atoms with van der Waals surface area (Å²) >= 11 is 0. The summed E-state index contributed by atoms with van der Waals surface area (Å²) in [5.74, 6) is 2.57. The molecule has 0 saturated carbocycles. The molecule has 0 amide bonds. The predicted molar refractivity (Wildman–Crippen MR) is 80.1 cm³/mol. The fraction of sp³-hybridized carbons (Fsp3) is 0.333. The number of aromatic nitrogens is 2.